The summed E-state index contributed by atoms with van der Waals surface area (Å²) in [7, 11) is 0. The average Bonchev–Trinajstić information content (AvgIpc) is 2.82. The molecule has 0 radical (unpaired) electrons. The van der Waals surface area contributed by atoms with E-state index in [-0.39, 0.29) is 17.8 Å². The van der Waals surface area contributed by atoms with Crippen LogP contribution in [0.4, 0.5) is 4.79 Å². The number of hydrogen-bond donors (Lipinski definition) is 3. The molecule has 8 heteroatoms. The molecule has 0 saturated carbocycles. The van der Waals surface area contributed by atoms with Crippen molar-refractivity contribution in [3.05, 3.63) is 71.8 Å². The Kier molecular flexibility index (Phi) is 11.5. The van der Waals surface area contributed by atoms with E-state index in [9.17, 15) is 14.7 Å². The van der Waals surface area contributed by atoms with Crippen molar-refractivity contribution in [2.45, 2.75) is 43.9 Å². The van der Waals surface area contributed by atoms with Gasteiger partial charge in [-0.05, 0) is 30.4 Å². The number of nitrogens with one attached hydrogen (secondary N) is 1. The van der Waals surface area contributed by atoms with E-state index in [0.29, 0.717) is 13.2 Å². The van der Waals surface area contributed by atoms with E-state index >= 15 is 0 Å². The number of rotatable bonds is 8. The molecular weight excluding hydrogens is 416 g/mol. The minimum absolute atomic E-state index is 0.00717. The monoisotopic (exact) mass is 446 g/mol. The van der Waals surface area contributed by atoms with E-state index in [1.807, 2.05) is 60.7 Å². The first-order valence-electron chi connectivity index (χ1n) is 10.3. The van der Waals surface area contributed by atoms with E-state index in [2.05, 4.69) is 5.32 Å². The highest BCUT2D eigenvalue weighted by molar-refractivity contribution is 7.99. The molecule has 1 aliphatic rings. The number of ether oxygens (including phenoxy) is 2. The fourth-order valence-electron chi connectivity index (χ4n) is 2.74. The zero-order chi connectivity index (χ0) is 22.3. The van der Waals surface area contributed by atoms with Crippen LogP contribution in [0.5, 0.6) is 0 Å². The largest absolute Gasteiger partial charge is 0.480 e. The molecular formula is C23H30N2O5S. The van der Waals surface area contributed by atoms with Gasteiger partial charge in [-0.25, -0.2) is 9.59 Å². The third kappa shape index (κ3) is 10.3. The molecule has 0 spiro atoms. The first kappa shape index (κ1) is 24.7. The smallest absolute Gasteiger partial charge is 0.408 e. The van der Waals surface area contributed by atoms with Crippen molar-refractivity contribution in [2.24, 2.45) is 5.73 Å². The number of carboxylic acid groups (broad SMARTS) is 1. The molecule has 0 bridgehead atoms. The Morgan fingerprint density at radius 1 is 1.10 bits per heavy atom. The van der Waals surface area contributed by atoms with Gasteiger partial charge in [0.15, 0.2) is 0 Å². The molecule has 1 heterocycles. The molecule has 0 aromatic heterocycles. The van der Waals surface area contributed by atoms with Crippen molar-refractivity contribution in [1.29, 1.82) is 0 Å². The average molecular weight is 447 g/mol. The van der Waals surface area contributed by atoms with Gasteiger partial charge in [0.25, 0.3) is 0 Å². The highest BCUT2D eigenvalue weighted by Crippen LogP contribution is 2.23. The van der Waals surface area contributed by atoms with Crippen molar-refractivity contribution in [3.8, 4) is 0 Å². The van der Waals surface area contributed by atoms with Crippen molar-refractivity contribution >= 4 is 23.8 Å². The molecule has 1 saturated heterocycles. The Bertz CT molecular complexity index is 770. The summed E-state index contributed by atoms with van der Waals surface area (Å²) in [6.07, 6.45) is 2.31. The Labute approximate surface area is 187 Å². The minimum atomic E-state index is -1.08. The summed E-state index contributed by atoms with van der Waals surface area (Å²) in [6, 6.07) is 18.2. The SMILES string of the molecule is NCc1ccccc1.O=C(NC(CSC1CCCCO1)C(=O)O)OCc1ccccc1. The van der Waals surface area contributed by atoms with Crippen LogP contribution in [0, 0.1) is 0 Å². The molecule has 3 rings (SSSR count). The quantitative estimate of drug-likeness (QED) is 0.566. The summed E-state index contributed by atoms with van der Waals surface area (Å²) in [6.45, 7) is 1.46. The van der Waals surface area contributed by atoms with Gasteiger partial charge in [0.05, 0.1) is 0 Å². The number of benzene rings is 2. The van der Waals surface area contributed by atoms with Crippen molar-refractivity contribution < 1.29 is 24.2 Å². The van der Waals surface area contributed by atoms with Gasteiger partial charge >= 0.3 is 12.1 Å². The fourth-order valence-corrected chi connectivity index (χ4v) is 3.90. The van der Waals surface area contributed by atoms with Crippen LogP contribution >= 0.6 is 11.8 Å². The number of nitrogens with two attached hydrogens (primary N) is 1. The molecule has 2 unspecified atom stereocenters. The molecule has 2 aromatic rings. The molecule has 2 atom stereocenters. The van der Waals surface area contributed by atoms with Crippen LogP contribution in [0.2, 0.25) is 0 Å². The Morgan fingerprint density at radius 3 is 2.26 bits per heavy atom. The summed E-state index contributed by atoms with van der Waals surface area (Å²) in [5, 5.41) is 11.6. The van der Waals surface area contributed by atoms with Crippen LogP contribution in [0.3, 0.4) is 0 Å². The van der Waals surface area contributed by atoms with Gasteiger partial charge in [0, 0.05) is 18.9 Å². The number of amides is 1. The maximum Gasteiger partial charge on any atom is 0.408 e. The minimum Gasteiger partial charge on any atom is -0.480 e. The lowest BCUT2D eigenvalue weighted by molar-refractivity contribution is -0.138. The number of carboxylic acids is 1. The molecule has 1 aliphatic heterocycles. The van der Waals surface area contributed by atoms with E-state index in [0.717, 1.165) is 24.8 Å². The summed E-state index contributed by atoms with van der Waals surface area (Å²) in [5.74, 6) is -0.828. The Balaban J connectivity index is 0.000000357. The molecule has 7 nitrogen and oxygen atoms in total. The molecule has 1 fully saturated rings. The normalized spacial score (nSPS) is 16.4. The Hall–Kier alpha value is -2.55. The predicted octanol–water partition coefficient (Wildman–Crippen LogP) is 3.77. The second kappa shape index (κ2) is 14.5. The second-order valence-electron chi connectivity index (χ2n) is 6.92. The summed E-state index contributed by atoms with van der Waals surface area (Å²) in [4.78, 5) is 23.0. The van der Waals surface area contributed by atoms with Crippen molar-refractivity contribution in [1.82, 2.24) is 5.32 Å². The topological polar surface area (TPSA) is 111 Å². The lowest BCUT2D eigenvalue weighted by Crippen LogP contribution is -2.43. The number of hydrogen-bond acceptors (Lipinski definition) is 6. The molecule has 168 valence electrons. The van der Waals surface area contributed by atoms with E-state index in [1.165, 1.54) is 17.3 Å². The van der Waals surface area contributed by atoms with Gasteiger partial charge in [0.1, 0.15) is 18.1 Å². The van der Waals surface area contributed by atoms with Crippen LogP contribution in [-0.4, -0.2) is 41.0 Å². The first-order valence-corrected chi connectivity index (χ1v) is 11.3. The van der Waals surface area contributed by atoms with Gasteiger partial charge in [-0.2, -0.15) is 0 Å². The van der Waals surface area contributed by atoms with Crippen LogP contribution in [-0.2, 0) is 27.4 Å². The summed E-state index contributed by atoms with van der Waals surface area (Å²) < 4.78 is 10.6. The van der Waals surface area contributed by atoms with Gasteiger partial charge in [0.2, 0.25) is 0 Å². The summed E-state index contributed by atoms with van der Waals surface area (Å²) >= 11 is 1.42. The maximum atomic E-state index is 11.7. The lowest BCUT2D eigenvalue weighted by Gasteiger charge is -2.23. The van der Waals surface area contributed by atoms with Crippen molar-refractivity contribution in [3.63, 3.8) is 0 Å². The zero-order valence-corrected chi connectivity index (χ0v) is 18.3. The van der Waals surface area contributed by atoms with E-state index in [4.69, 9.17) is 15.2 Å². The molecule has 4 N–H and O–H groups in total. The molecule has 0 aliphatic carbocycles. The molecule has 1 amide bonds. The number of thioether (sulfide) groups is 1. The van der Waals surface area contributed by atoms with Crippen molar-refractivity contribution in [2.75, 3.05) is 12.4 Å². The molecule has 2 aromatic carbocycles. The van der Waals surface area contributed by atoms with Crippen LogP contribution in [0.25, 0.3) is 0 Å². The highest BCUT2D eigenvalue weighted by atomic mass is 32.2. The second-order valence-corrected chi connectivity index (χ2v) is 8.11. The standard InChI is InChI=1S/C16H21NO5S.C7H9N/c18-15(19)13(11-23-14-8-4-5-9-21-14)17-16(20)22-10-12-6-2-1-3-7-12;8-6-7-4-2-1-3-5-7/h1-3,6-7,13-14H,4-5,8-11H2,(H,17,20)(H,18,19);1-5H,6,8H2. The highest BCUT2D eigenvalue weighted by Gasteiger charge is 2.24. The fraction of sp³-hybridized carbons (Fsp3) is 0.391. The third-order valence-corrected chi connectivity index (χ3v) is 5.74. The van der Waals surface area contributed by atoms with Gasteiger partial charge in [-0.1, -0.05) is 60.7 Å². The lowest BCUT2D eigenvalue weighted by atomic mass is 10.2. The number of aliphatic carboxylic acids is 1. The van der Waals surface area contributed by atoms with Gasteiger partial charge in [-0.15, -0.1) is 11.8 Å². The van der Waals surface area contributed by atoms with Crippen LogP contribution in [0.15, 0.2) is 60.7 Å². The zero-order valence-electron chi connectivity index (χ0n) is 17.4. The number of carbonyl (C=O) groups is 2. The number of alkyl carbamates (subject to hydrolysis) is 1. The van der Waals surface area contributed by atoms with Crippen LogP contribution < -0.4 is 11.1 Å². The number of carbonyl (C=O) groups excluding carboxylic acids is 1. The first-order chi connectivity index (χ1) is 15.1. The van der Waals surface area contributed by atoms with E-state index in [1.54, 1.807) is 0 Å². The van der Waals surface area contributed by atoms with Gasteiger partial charge < -0.3 is 25.6 Å². The predicted molar refractivity (Wildman–Crippen MR) is 122 cm³/mol. The summed E-state index contributed by atoms with van der Waals surface area (Å²) in [5.41, 5.74) is 7.39. The van der Waals surface area contributed by atoms with E-state index < -0.39 is 18.1 Å². The molecule has 31 heavy (non-hydrogen) atoms. The Morgan fingerprint density at radius 2 is 1.74 bits per heavy atom. The van der Waals surface area contributed by atoms with Crippen LogP contribution in [0.1, 0.15) is 30.4 Å². The maximum absolute atomic E-state index is 11.7. The van der Waals surface area contributed by atoms with Gasteiger partial charge in [-0.3, -0.25) is 0 Å². The third-order valence-electron chi connectivity index (χ3n) is 4.47.